The fourth-order valence-electron chi connectivity index (χ4n) is 2.83. The maximum absolute atomic E-state index is 12.9. The zero-order valence-electron chi connectivity index (χ0n) is 14.9. The molecular formula is C20H19FN2O5. The van der Waals surface area contributed by atoms with Crippen molar-refractivity contribution in [3.8, 4) is 0 Å². The molecule has 1 aliphatic rings. The lowest BCUT2D eigenvalue weighted by Gasteiger charge is -2.12. The first-order valence-corrected chi connectivity index (χ1v) is 8.74. The van der Waals surface area contributed by atoms with Crippen LogP contribution in [0.15, 0.2) is 48.5 Å². The van der Waals surface area contributed by atoms with E-state index in [1.54, 1.807) is 36.4 Å². The molecule has 7 nitrogen and oxygen atoms in total. The second-order valence-corrected chi connectivity index (χ2v) is 6.40. The number of ether oxygens (including phenoxy) is 1. The van der Waals surface area contributed by atoms with Gasteiger partial charge < -0.3 is 20.5 Å². The smallest absolute Gasteiger partial charge is 0.332 e. The summed E-state index contributed by atoms with van der Waals surface area (Å²) >= 11 is 0. The number of carboxylic acids is 1. The summed E-state index contributed by atoms with van der Waals surface area (Å²) in [6.07, 6.45) is -1.13. The normalized spacial score (nSPS) is 18.5. The van der Waals surface area contributed by atoms with Crippen LogP contribution in [-0.2, 0) is 20.9 Å². The predicted octanol–water partition coefficient (Wildman–Crippen LogP) is 2.33. The molecule has 0 unspecified atom stereocenters. The highest BCUT2D eigenvalue weighted by atomic mass is 19.1. The molecule has 0 aliphatic carbocycles. The van der Waals surface area contributed by atoms with Gasteiger partial charge in [0.15, 0.2) is 6.10 Å². The molecule has 2 atom stereocenters. The van der Waals surface area contributed by atoms with E-state index in [2.05, 4.69) is 10.6 Å². The third kappa shape index (κ3) is 4.92. The summed E-state index contributed by atoms with van der Waals surface area (Å²) in [4.78, 5) is 35.2. The van der Waals surface area contributed by atoms with E-state index >= 15 is 0 Å². The van der Waals surface area contributed by atoms with Crippen LogP contribution >= 0.6 is 0 Å². The Bertz CT molecular complexity index is 867. The van der Waals surface area contributed by atoms with Crippen LogP contribution < -0.4 is 10.6 Å². The first-order chi connectivity index (χ1) is 13.4. The van der Waals surface area contributed by atoms with Crippen molar-refractivity contribution in [3.05, 3.63) is 65.5 Å². The van der Waals surface area contributed by atoms with Crippen LogP contribution in [0.1, 0.15) is 28.8 Å². The first-order valence-electron chi connectivity index (χ1n) is 8.74. The summed E-state index contributed by atoms with van der Waals surface area (Å²) in [5, 5.41) is 14.3. The Kier molecular flexibility index (Phi) is 6.00. The molecule has 0 bridgehead atoms. The van der Waals surface area contributed by atoms with Crippen molar-refractivity contribution in [2.45, 2.75) is 31.6 Å². The molecule has 28 heavy (non-hydrogen) atoms. The van der Waals surface area contributed by atoms with Gasteiger partial charge in [-0.2, -0.15) is 0 Å². The lowest BCUT2D eigenvalue weighted by atomic mass is 10.1. The molecule has 1 saturated heterocycles. The van der Waals surface area contributed by atoms with Crippen molar-refractivity contribution in [1.29, 1.82) is 0 Å². The van der Waals surface area contributed by atoms with E-state index < -0.39 is 24.1 Å². The molecule has 3 N–H and O–H groups in total. The summed E-state index contributed by atoms with van der Waals surface area (Å²) in [7, 11) is 0. The molecule has 8 heteroatoms. The molecule has 0 spiro atoms. The molecule has 1 aliphatic heterocycles. The number of hydrogen-bond donors (Lipinski definition) is 3. The average Bonchev–Trinajstić information content (AvgIpc) is 3.19. The van der Waals surface area contributed by atoms with Gasteiger partial charge in [-0.05, 0) is 54.8 Å². The average molecular weight is 386 g/mol. The van der Waals surface area contributed by atoms with Gasteiger partial charge in [0.25, 0.3) is 11.8 Å². The summed E-state index contributed by atoms with van der Waals surface area (Å²) in [5.74, 6) is -2.14. The summed E-state index contributed by atoms with van der Waals surface area (Å²) in [6.45, 7) is 0.265. The van der Waals surface area contributed by atoms with E-state index in [4.69, 9.17) is 9.84 Å². The minimum Gasteiger partial charge on any atom is -0.479 e. The van der Waals surface area contributed by atoms with E-state index in [9.17, 15) is 18.8 Å². The predicted molar refractivity (Wildman–Crippen MR) is 98.2 cm³/mol. The number of carbonyl (C=O) groups excluding carboxylic acids is 2. The Morgan fingerprint density at radius 3 is 2.25 bits per heavy atom. The minimum atomic E-state index is -1.08. The topological polar surface area (TPSA) is 105 Å². The highest BCUT2D eigenvalue weighted by Gasteiger charge is 2.34. The highest BCUT2D eigenvalue weighted by Crippen LogP contribution is 2.21. The van der Waals surface area contributed by atoms with Crippen molar-refractivity contribution in [2.24, 2.45) is 0 Å². The van der Waals surface area contributed by atoms with E-state index in [1.165, 1.54) is 12.1 Å². The largest absolute Gasteiger partial charge is 0.479 e. The zero-order valence-corrected chi connectivity index (χ0v) is 14.9. The Morgan fingerprint density at radius 1 is 1.00 bits per heavy atom. The molecule has 146 valence electrons. The number of anilines is 1. The van der Waals surface area contributed by atoms with Gasteiger partial charge in [0, 0.05) is 17.8 Å². The zero-order chi connectivity index (χ0) is 20.1. The molecule has 0 aromatic heterocycles. The van der Waals surface area contributed by atoms with Crippen LogP contribution in [0.4, 0.5) is 10.1 Å². The van der Waals surface area contributed by atoms with E-state index in [0.29, 0.717) is 24.1 Å². The SMILES string of the molecule is O=C(NCc1ccc(F)cc1)c1ccc(NC(=O)[C@@H]2CC[C@H](C(=O)O)O2)cc1. The van der Waals surface area contributed by atoms with Crippen LogP contribution in [0.25, 0.3) is 0 Å². The summed E-state index contributed by atoms with van der Waals surface area (Å²) in [6, 6.07) is 12.1. The Morgan fingerprint density at radius 2 is 1.64 bits per heavy atom. The van der Waals surface area contributed by atoms with Gasteiger partial charge in [-0.3, -0.25) is 9.59 Å². The molecule has 3 rings (SSSR count). The summed E-state index contributed by atoms with van der Waals surface area (Å²) in [5.41, 5.74) is 1.65. The van der Waals surface area contributed by atoms with Gasteiger partial charge in [0.2, 0.25) is 0 Å². The van der Waals surface area contributed by atoms with Crippen molar-refractivity contribution in [3.63, 3.8) is 0 Å². The molecule has 2 amide bonds. The molecule has 0 saturated carbocycles. The molecule has 2 aromatic rings. The van der Waals surface area contributed by atoms with Gasteiger partial charge in [0.05, 0.1) is 0 Å². The number of carbonyl (C=O) groups is 3. The van der Waals surface area contributed by atoms with Crippen LogP contribution in [-0.4, -0.2) is 35.1 Å². The lowest BCUT2D eigenvalue weighted by Crippen LogP contribution is -2.30. The number of rotatable bonds is 6. The Balaban J connectivity index is 1.51. The fourth-order valence-corrected chi connectivity index (χ4v) is 2.83. The standard InChI is InChI=1S/C20H19FN2O5/c21-14-5-1-12(2-6-14)11-22-18(24)13-3-7-15(8-4-13)23-19(25)16-9-10-17(28-16)20(26)27/h1-8,16-17H,9-11H2,(H,22,24)(H,23,25)(H,26,27)/t16-,17+/m0/s1. The first kappa shape index (κ1) is 19.5. The number of carboxylic acid groups (broad SMARTS) is 1. The van der Waals surface area contributed by atoms with Crippen molar-refractivity contribution >= 4 is 23.5 Å². The van der Waals surface area contributed by atoms with E-state index in [1.807, 2.05) is 0 Å². The Labute approximate surface area is 160 Å². The second kappa shape index (κ2) is 8.62. The van der Waals surface area contributed by atoms with Crippen molar-refractivity contribution in [2.75, 3.05) is 5.32 Å². The molecule has 1 fully saturated rings. The van der Waals surface area contributed by atoms with Gasteiger partial charge in [-0.15, -0.1) is 0 Å². The van der Waals surface area contributed by atoms with E-state index in [0.717, 1.165) is 5.56 Å². The number of hydrogen-bond acceptors (Lipinski definition) is 4. The summed E-state index contributed by atoms with van der Waals surface area (Å²) < 4.78 is 18.1. The molecule has 1 heterocycles. The third-order valence-electron chi connectivity index (χ3n) is 4.37. The minimum absolute atomic E-state index is 0.265. The van der Waals surface area contributed by atoms with E-state index in [-0.39, 0.29) is 18.3 Å². The van der Waals surface area contributed by atoms with Gasteiger partial charge in [0.1, 0.15) is 11.9 Å². The number of halogens is 1. The molecule has 0 radical (unpaired) electrons. The van der Waals surface area contributed by atoms with Crippen molar-refractivity contribution < 1.29 is 28.6 Å². The highest BCUT2D eigenvalue weighted by molar-refractivity contribution is 5.97. The van der Waals surface area contributed by atoms with Gasteiger partial charge in [-0.1, -0.05) is 12.1 Å². The van der Waals surface area contributed by atoms with Crippen LogP contribution in [0.2, 0.25) is 0 Å². The lowest BCUT2D eigenvalue weighted by molar-refractivity contribution is -0.150. The number of aliphatic carboxylic acids is 1. The number of benzene rings is 2. The monoisotopic (exact) mass is 386 g/mol. The van der Waals surface area contributed by atoms with Crippen LogP contribution in [0.3, 0.4) is 0 Å². The van der Waals surface area contributed by atoms with Gasteiger partial charge >= 0.3 is 5.97 Å². The number of amides is 2. The van der Waals surface area contributed by atoms with Crippen LogP contribution in [0, 0.1) is 5.82 Å². The second-order valence-electron chi connectivity index (χ2n) is 6.40. The Hall–Kier alpha value is -3.26. The van der Waals surface area contributed by atoms with Crippen LogP contribution in [0.5, 0.6) is 0 Å². The van der Waals surface area contributed by atoms with Crippen molar-refractivity contribution in [1.82, 2.24) is 5.32 Å². The third-order valence-corrected chi connectivity index (χ3v) is 4.37. The number of nitrogens with one attached hydrogen (secondary N) is 2. The molecular weight excluding hydrogens is 367 g/mol. The van der Waals surface area contributed by atoms with Gasteiger partial charge in [-0.25, -0.2) is 9.18 Å². The fraction of sp³-hybridized carbons (Fsp3) is 0.250. The molecule has 2 aromatic carbocycles. The maximum Gasteiger partial charge on any atom is 0.332 e. The quantitative estimate of drug-likeness (QED) is 0.707. The maximum atomic E-state index is 12.9.